The molecule has 0 saturated carbocycles. The molecular weight excluding hydrogens is 416 g/mol. The first-order valence-corrected chi connectivity index (χ1v) is 11.9. The SMILES string of the molecule is COc1ccc(C)cc1NS(=O)(=O)c1ccc(N2C(=O)C(C)CS2(=O)=O)cc1C. The van der Waals surface area contributed by atoms with Gasteiger partial charge in [0.2, 0.25) is 15.9 Å². The number of aryl methyl sites for hydroxylation is 2. The zero-order valence-corrected chi connectivity index (χ0v) is 18.1. The molecule has 0 aliphatic carbocycles. The Morgan fingerprint density at radius 3 is 2.38 bits per heavy atom. The van der Waals surface area contributed by atoms with Crippen LogP contribution in [0.2, 0.25) is 0 Å². The van der Waals surface area contributed by atoms with Crippen LogP contribution in [0.5, 0.6) is 5.75 Å². The first-order chi connectivity index (χ1) is 13.5. The molecule has 1 saturated heterocycles. The van der Waals surface area contributed by atoms with Crippen LogP contribution in [-0.4, -0.2) is 35.6 Å². The quantitative estimate of drug-likeness (QED) is 0.768. The Kier molecular flexibility index (Phi) is 5.35. The van der Waals surface area contributed by atoms with Crippen molar-refractivity contribution in [2.24, 2.45) is 5.92 Å². The maximum absolute atomic E-state index is 12.9. The molecule has 156 valence electrons. The summed E-state index contributed by atoms with van der Waals surface area (Å²) in [6.07, 6.45) is 0. The largest absolute Gasteiger partial charge is 0.495 e. The summed E-state index contributed by atoms with van der Waals surface area (Å²) >= 11 is 0. The van der Waals surface area contributed by atoms with Gasteiger partial charge in [-0.15, -0.1) is 0 Å². The van der Waals surface area contributed by atoms with Crippen LogP contribution < -0.4 is 13.8 Å². The number of methoxy groups -OCH3 is 1. The summed E-state index contributed by atoms with van der Waals surface area (Å²) in [7, 11) is -6.29. The van der Waals surface area contributed by atoms with E-state index in [4.69, 9.17) is 4.74 Å². The highest BCUT2D eigenvalue weighted by atomic mass is 32.2. The van der Waals surface area contributed by atoms with Gasteiger partial charge in [0.15, 0.2) is 0 Å². The van der Waals surface area contributed by atoms with Gasteiger partial charge in [0.25, 0.3) is 10.0 Å². The molecule has 0 spiro atoms. The van der Waals surface area contributed by atoms with Gasteiger partial charge in [-0.1, -0.05) is 13.0 Å². The topological polar surface area (TPSA) is 110 Å². The van der Waals surface area contributed by atoms with E-state index in [1.165, 1.54) is 25.3 Å². The maximum Gasteiger partial charge on any atom is 0.262 e. The zero-order valence-electron chi connectivity index (χ0n) is 16.5. The highest BCUT2D eigenvalue weighted by Gasteiger charge is 2.42. The third-order valence-corrected chi connectivity index (χ3v) is 8.04. The third kappa shape index (κ3) is 3.95. The molecule has 1 fully saturated rings. The van der Waals surface area contributed by atoms with Crippen LogP contribution in [0.25, 0.3) is 0 Å². The van der Waals surface area contributed by atoms with Crippen molar-refractivity contribution in [1.82, 2.24) is 0 Å². The molecule has 8 nitrogen and oxygen atoms in total. The number of benzene rings is 2. The summed E-state index contributed by atoms with van der Waals surface area (Å²) in [5.74, 6) is -1.06. The third-order valence-electron chi connectivity index (χ3n) is 4.64. The fourth-order valence-electron chi connectivity index (χ4n) is 3.25. The first kappa shape index (κ1) is 21.1. The van der Waals surface area contributed by atoms with Crippen molar-refractivity contribution >= 4 is 37.3 Å². The van der Waals surface area contributed by atoms with E-state index < -0.39 is 31.9 Å². The van der Waals surface area contributed by atoms with Gasteiger partial charge >= 0.3 is 0 Å². The molecule has 3 rings (SSSR count). The summed E-state index contributed by atoms with van der Waals surface area (Å²) in [5, 5.41) is 0. The van der Waals surface area contributed by atoms with E-state index in [1.54, 1.807) is 32.0 Å². The van der Waals surface area contributed by atoms with Gasteiger partial charge in [-0.2, -0.15) is 0 Å². The predicted molar refractivity (Wildman–Crippen MR) is 110 cm³/mol. The zero-order chi connectivity index (χ0) is 21.6. The molecule has 2 aromatic carbocycles. The van der Waals surface area contributed by atoms with E-state index in [9.17, 15) is 21.6 Å². The minimum absolute atomic E-state index is 0.0260. The number of amides is 1. The number of anilines is 2. The number of ether oxygens (including phenoxy) is 1. The second-order valence-electron chi connectivity index (χ2n) is 7.04. The lowest BCUT2D eigenvalue weighted by atomic mass is 10.2. The molecule has 10 heteroatoms. The van der Waals surface area contributed by atoms with E-state index in [0.29, 0.717) is 17.0 Å². The Labute approximate surface area is 170 Å². The highest BCUT2D eigenvalue weighted by Crippen LogP contribution is 2.32. The van der Waals surface area contributed by atoms with Crippen LogP contribution in [0.15, 0.2) is 41.3 Å². The van der Waals surface area contributed by atoms with Crippen molar-refractivity contribution in [2.45, 2.75) is 25.7 Å². The number of nitrogens with zero attached hydrogens (tertiary/aromatic N) is 1. The van der Waals surface area contributed by atoms with Crippen molar-refractivity contribution in [2.75, 3.05) is 21.9 Å². The maximum atomic E-state index is 12.9. The van der Waals surface area contributed by atoms with Crippen molar-refractivity contribution in [3.8, 4) is 5.75 Å². The number of carbonyl (C=O) groups excluding carboxylic acids is 1. The molecule has 1 heterocycles. The minimum atomic E-state index is -3.97. The predicted octanol–water partition coefficient (Wildman–Crippen LogP) is 2.43. The van der Waals surface area contributed by atoms with Gasteiger partial charge in [0.05, 0.1) is 35.1 Å². The normalized spacial score (nSPS) is 18.7. The fraction of sp³-hybridized carbons (Fsp3) is 0.316. The molecule has 1 amide bonds. The molecule has 29 heavy (non-hydrogen) atoms. The van der Waals surface area contributed by atoms with Crippen LogP contribution in [0.1, 0.15) is 18.1 Å². The van der Waals surface area contributed by atoms with Gasteiger partial charge in [0, 0.05) is 0 Å². The van der Waals surface area contributed by atoms with Crippen LogP contribution in [0.4, 0.5) is 11.4 Å². The van der Waals surface area contributed by atoms with Gasteiger partial charge in [-0.05, 0) is 55.3 Å². The molecule has 1 aliphatic rings. The molecule has 2 aromatic rings. The number of hydrogen-bond acceptors (Lipinski definition) is 6. The van der Waals surface area contributed by atoms with Gasteiger partial charge in [0.1, 0.15) is 5.75 Å². The van der Waals surface area contributed by atoms with Crippen molar-refractivity contribution < 1.29 is 26.4 Å². The van der Waals surface area contributed by atoms with E-state index in [2.05, 4.69) is 4.72 Å². The smallest absolute Gasteiger partial charge is 0.262 e. The molecule has 1 atom stereocenters. The van der Waals surface area contributed by atoms with Crippen LogP contribution in [0, 0.1) is 19.8 Å². The van der Waals surface area contributed by atoms with Crippen LogP contribution in [0.3, 0.4) is 0 Å². The Morgan fingerprint density at radius 1 is 1.14 bits per heavy atom. The van der Waals surface area contributed by atoms with E-state index >= 15 is 0 Å². The van der Waals surface area contributed by atoms with Crippen molar-refractivity contribution in [1.29, 1.82) is 0 Å². The Bertz CT molecular complexity index is 1190. The van der Waals surface area contributed by atoms with Crippen LogP contribution in [-0.2, 0) is 24.8 Å². The lowest BCUT2D eigenvalue weighted by Crippen LogP contribution is -2.30. The molecule has 0 bridgehead atoms. The van der Waals surface area contributed by atoms with Gasteiger partial charge < -0.3 is 4.74 Å². The molecule has 1 N–H and O–H groups in total. The number of nitrogens with one attached hydrogen (secondary N) is 1. The van der Waals surface area contributed by atoms with E-state index in [0.717, 1.165) is 9.87 Å². The summed E-state index contributed by atoms with van der Waals surface area (Å²) in [6, 6.07) is 9.11. The highest BCUT2D eigenvalue weighted by molar-refractivity contribution is 7.94. The van der Waals surface area contributed by atoms with Crippen molar-refractivity contribution in [3.63, 3.8) is 0 Å². The number of carbonyl (C=O) groups is 1. The van der Waals surface area contributed by atoms with E-state index in [-0.39, 0.29) is 16.3 Å². The molecular formula is C19H22N2O6S2. The summed E-state index contributed by atoms with van der Waals surface area (Å²) < 4.78 is 58.8. The lowest BCUT2D eigenvalue weighted by Gasteiger charge is -2.18. The molecule has 1 unspecified atom stereocenters. The monoisotopic (exact) mass is 438 g/mol. The second-order valence-corrected chi connectivity index (χ2v) is 10.6. The Hall–Kier alpha value is -2.59. The molecule has 0 radical (unpaired) electrons. The minimum Gasteiger partial charge on any atom is -0.495 e. The van der Waals surface area contributed by atoms with Crippen LogP contribution >= 0.6 is 0 Å². The fourth-order valence-corrected chi connectivity index (χ4v) is 6.35. The average molecular weight is 439 g/mol. The second kappa shape index (κ2) is 7.34. The lowest BCUT2D eigenvalue weighted by molar-refractivity contribution is -0.119. The number of hydrogen-bond donors (Lipinski definition) is 1. The van der Waals surface area contributed by atoms with E-state index in [1.807, 2.05) is 6.92 Å². The molecule has 0 aromatic heterocycles. The summed E-state index contributed by atoms with van der Waals surface area (Å²) in [4.78, 5) is 12.2. The van der Waals surface area contributed by atoms with Gasteiger partial charge in [-0.25, -0.2) is 21.1 Å². The summed E-state index contributed by atoms with van der Waals surface area (Å²) in [5.41, 5.74) is 1.58. The number of rotatable bonds is 5. The Balaban J connectivity index is 1.99. The van der Waals surface area contributed by atoms with Crippen molar-refractivity contribution in [3.05, 3.63) is 47.5 Å². The summed E-state index contributed by atoms with van der Waals surface area (Å²) in [6.45, 7) is 4.92. The Morgan fingerprint density at radius 2 is 1.83 bits per heavy atom. The first-order valence-electron chi connectivity index (χ1n) is 8.81. The standard InChI is InChI=1S/C19H22N2O6S2/c1-12-5-7-17(27-4)16(9-12)20-29(25,26)18-8-6-15(10-13(18)2)21-19(22)14(3)11-28(21,23)24/h5-10,14,20H,11H2,1-4H3. The molecule has 1 aliphatic heterocycles. The van der Waals surface area contributed by atoms with Gasteiger partial charge in [-0.3, -0.25) is 9.52 Å². The number of sulfonamides is 2. The average Bonchev–Trinajstić information content (AvgIpc) is 2.81.